The molecule has 7 nitrogen and oxygen atoms in total. The van der Waals surface area contributed by atoms with Gasteiger partial charge in [-0.25, -0.2) is 4.79 Å². The van der Waals surface area contributed by atoms with E-state index in [-0.39, 0.29) is 17.8 Å². The van der Waals surface area contributed by atoms with Crippen LogP contribution >= 0.6 is 11.3 Å². The number of ketones is 1. The molecule has 0 radical (unpaired) electrons. The first-order chi connectivity index (χ1) is 14.7. The van der Waals surface area contributed by atoms with Crippen LogP contribution in [0.5, 0.6) is 5.75 Å². The lowest BCUT2D eigenvalue weighted by atomic mass is 9.80. The highest BCUT2D eigenvalue weighted by Gasteiger charge is 2.37. The Kier molecular flexibility index (Phi) is 7.46. The van der Waals surface area contributed by atoms with Gasteiger partial charge in [-0.3, -0.25) is 9.59 Å². The highest BCUT2D eigenvalue weighted by molar-refractivity contribution is 7.08. The molecule has 2 aromatic rings. The van der Waals surface area contributed by atoms with E-state index in [1.54, 1.807) is 23.8 Å². The fourth-order valence-corrected chi connectivity index (χ4v) is 4.24. The van der Waals surface area contributed by atoms with Gasteiger partial charge in [-0.15, -0.1) is 11.3 Å². The van der Waals surface area contributed by atoms with Crippen LogP contribution in [-0.4, -0.2) is 42.6 Å². The Bertz CT molecular complexity index is 898. The Morgan fingerprint density at radius 1 is 1.26 bits per heavy atom. The second-order valence-corrected chi connectivity index (χ2v) is 9.32. The molecule has 1 saturated heterocycles. The van der Waals surface area contributed by atoms with E-state index < -0.39 is 30.2 Å². The number of hydrogen-bond donors (Lipinski definition) is 2. The van der Waals surface area contributed by atoms with Gasteiger partial charge >= 0.3 is 6.09 Å². The summed E-state index contributed by atoms with van der Waals surface area (Å²) >= 11 is 1.40. The van der Waals surface area contributed by atoms with E-state index in [9.17, 15) is 14.4 Å². The van der Waals surface area contributed by atoms with E-state index in [1.807, 2.05) is 44.2 Å². The van der Waals surface area contributed by atoms with E-state index in [4.69, 9.17) is 9.47 Å². The molecule has 2 heterocycles. The Labute approximate surface area is 186 Å². The van der Waals surface area contributed by atoms with Crippen LogP contribution in [0, 0.1) is 5.41 Å². The smallest absolute Gasteiger partial charge is 0.409 e. The summed E-state index contributed by atoms with van der Waals surface area (Å²) < 4.78 is 10.6. The molecule has 3 rings (SSSR count). The molecule has 8 heteroatoms. The van der Waals surface area contributed by atoms with Crippen molar-refractivity contribution in [1.82, 2.24) is 10.6 Å². The molecule has 1 aliphatic rings. The SMILES string of the molecule is C[C@@H]1OCC(=O)[C@H]1NC(=O)[C@H](CC(C)(C)Cc1ccccc1)NC(=O)Oc1ccsc1. The van der Waals surface area contributed by atoms with E-state index >= 15 is 0 Å². The van der Waals surface area contributed by atoms with Gasteiger partial charge in [-0.2, -0.15) is 0 Å². The minimum atomic E-state index is -0.870. The number of carbonyl (C=O) groups excluding carboxylic acids is 3. The zero-order valence-corrected chi connectivity index (χ0v) is 18.7. The average molecular weight is 445 g/mol. The fourth-order valence-electron chi connectivity index (χ4n) is 3.68. The summed E-state index contributed by atoms with van der Waals surface area (Å²) in [5.41, 5.74) is 0.835. The van der Waals surface area contributed by atoms with Gasteiger partial charge in [0.05, 0.1) is 6.10 Å². The van der Waals surface area contributed by atoms with Crippen LogP contribution in [0.1, 0.15) is 32.8 Å². The number of thiophene rings is 1. The van der Waals surface area contributed by atoms with Crippen LogP contribution in [0.4, 0.5) is 4.79 Å². The third kappa shape index (κ3) is 6.63. The summed E-state index contributed by atoms with van der Waals surface area (Å²) in [7, 11) is 0. The second-order valence-electron chi connectivity index (χ2n) is 8.54. The van der Waals surface area contributed by atoms with E-state index in [0.717, 1.165) is 12.0 Å². The van der Waals surface area contributed by atoms with Crippen molar-refractivity contribution < 1.29 is 23.9 Å². The molecule has 0 spiro atoms. The zero-order valence-electron chi connectivity index (χ0n) is 17.9. The maximum Gasteiger partial charge on any atom is 0.413 e. The van der Waals surface area contributed by atoms with Crippen LogP contribution in [0.2, 0.25) is 0 Å². The molecule has 2 N–H and O–H groups in total. The van der Waals surface area contributed by atoms with Crippen molar-refractivity contribution in [2.75, 3.05) is 6.61 Å². The molecule has 0 bridgehead atoms. The van der Waals surface area contributed by atoms with Gasteiger partial charge in [0, 0.05) is 5.38 Å². The lowest BCUT2D eigenvalue weighted by Crippen LogP contribution is -2.54. The fraction of sp³-hybridized carbons (Fsp3) is 0.435. The van der Waals surface area contributed by atoms with Crippen molar-refractivity contribution in [3.63, 3.8) is 0 Å². The normalized spacial score (nSPS) is 19.6. The predicted molar refractivity (Wildman–Crippen MR) is 118 cm³/mol. The van der Waals surface area contributed by atoms with Gasteiger partial charge in [-0.1, -0.05) is 44.2 Å². The molecule has 1 aromatic heterocycles. The van der Waals surface area contributed by atoms with Crippen LogP contribution in [0.15, 0.2) is 47.2 Å². The van der Waals surface area contributed by atoms with Crippen molar-refractivity contribution in [1.29, 1.82) is 0 Å². The topological polar surface area (TPSA) is 93.7 Å². The van der Waals surface area contributed by atoms with Gasteiger partial charge in [0.15, 0.2) is 5.78 Å². The van der Waals surface area contributed by atoms with Gasteiger partial charge < -0.3 is 20.1 Å². The van der Waals surface area contributed by atoms with E-state index in [0.29, 0.717) is 12.2 Å². The van der Waals surface area contributed by atoms with Gasteiger partial charge in [-0.05, 0) is 42.2 Å². The summed E-state index contributed by atoms with van der Waals surface area (Å²) in [6, 6.07) is 10.0. The third-order valence-corrected chi connectivity index (χ3v) is 5.86. The van der Waals surface area contributed by atoms with E-state index in [2.05, 4.69) is 10.6 Å². The lowest BCUT2D eigenvalue weighted by molar-refractivity contribution is -0.128. The Morgan fingerprint density at radius 2 is 2.00 bits per heavy atom. The van der Waals surface area contributed by atoms with Crippen molar-refractivity contribution in [2.24, 2.45) is 5.41 Å². The number of amides is 2. The molecule has 1 fully saturated rings. The average Bonchev–Trinajstić information content (AvgIpc) is 3.32. The number of rotatable bonds is 8. The quantitative estimate of drug-likeness (QED) is 0.651. The molecule has 0 aliphatic carbocycles. The zero-order chi connectivity index (χ0) is 22.4. The summed E-state index contributed by atoms with van der Waals surface area (Å²) in [6.45, 7) is 5.80. The maximum atomic E-state index is 13.1. The Morgan fingerprint density at radius 3 is 2.61 bits per heavy atom. The van der Waals surface area contributed by atoms with Crippen molar-refractivity contribution in [3.8, 4) is 5.75 Å². The van der Waals surface area contributed by atoms with Gasteiger partial charge in [0.25, 0.3) is 0 Å². The lowest BCUT2D eigenvalue weighted by Gasteiger charge is -2.30. The first kappa shape index (κ1) is 23.0. The molecule has 0 unspecified atom stereocenters. The number of Topliss-reactive ketones (excluding diaryl/α,β-unsaturated/α-hetero) is 1. The summed E-state index contributed by atoms with van der Waals surface area (Å²) in [4.78, 5) is 37.6. The van der Waals surface area contributed by atoms with Crippen LogP contribution < -0.4 is 15.4 Å². The minimum Gasteiger partial charge on any atom is -0.409 e. The largest absolute Gasteiger partial charge is 0.413 e. The number of benzene rings is 1. The molecule has 166 valence electrons. The summed E-state index contributed by atoms with van der Waals surface area (Å²) in [5.74, 6) is -0.193. The Balaban J connectivity index is 1.71. The molecule has 2 amide bonds. The Hall–Kier alpha value is -2.71. The van der Waals surface area contributed by atoms with Crippen molar-refractivity contribution in [2.45, 2.75) is 51.8 Å². The number of nitrogens with one attached hydrogen (secondary N) is 2. The van der Waals surface area contributed by atoms with Crippen LogP contribution in [0.25, 0.3) is 0 Å². The van der Waals surface area contributed by atoms with Gasteiger partial charge in [0.1, 0.15) is 24.4 Å². The standard InChI is InChI=1S/C23H28N2O5S/c1-15-20(19(26)13-29-15)25-21(27)18(24-22(28)30-17-9-10-31-14-17)12-23(2,3)11-16-7-5-4-6-8-16/h4-10,14-15,18,20H,11-13H2,1-3H3,(H,24,28)(H,25,27)/t15-,18-,20-/m0/s1. The highest BCUT2D eigenvalue weighted by atomic mass is 32.1. The summed E-state index contributed by atoms with van der Waals surface area (Å²) in [6.07, 6.45) is -0.0353. The molecule has 0 saturated carbocycles. The number of hydrogen-bond acceptors (Lipinski definition) is 6. The van der Waals surface area contributed by atoms with Crippen molar-refractivity contribution >= 4 is 29.1 Å². The molecular weight excluding hydrogens is 416 g/mol. The second kappa shape index (κ2) is 10.1. The first-order valence-corrected chi connectivity index (χ1v) is 11.2. The van der Waals surface area contributed by atoms with Gasteiger partial charge in [0.2, 0.25) is 5.91 Å². The van der Waals surface area contributed by atoms with E-state index in [1.165, 1.54) is 11.3 Å². The molecule has 1 aliphatic heterocycles. The van der Waals surface area contributed by atoms with Crippen LogP contribution in [-0.2, 0) is 20.7 Å². The summed E-state index contributed by atoms with van der Waals surface area (Å²) in [5, 5.41) is 8.92. The minimum absolute atomic E-state index is 0.0239. The van der Waals surface area contributed by atoms with Crippen LogP contribution in [0.3, 0.4) is 0 Å². The molecule has 31 heavy (non-hydrogen) atoms. The van der Waals surface area contributed by atoms with Crippen molar-refractivity contribution in [3.05, 3.63) is 52.7 Å². The molecular formula is C23H28N2O5S. The third-order valence-electron chi connectivity index (χ3n) is 5.20. The number of carbonyl (C=O) groups is 3. The highest BCUT2D eigenvalue weighted by Crippen LogP contribution is 2.28. The first-order valence-electron chi connectivity index (χ1n) is 10.2. The predicted octanol–water partition coefficient (Wildman–Crippen LogP) is 3.34. The molecule has 1 aromatic carbocycles. The molecule has 3 atom stereocenters. The monoisotopic (exact) mass is 444 g/mol. The maximum absolute atomic E-state index is 13.1. The number of ether oxygens (including phenoxy) is 2.